The summed E-state index contributed by atoms with van der Waals surface area (Å²) in [6.45, 7) is 1.92. The third-order valence-corrected chi connectivity index (χ3v) is 6.56. The summed E-state index contributed by atoms with van der Waals surface area (Å²) in [5.41, 5.74) is 2.51. The fourth-order valence-corrected chi connectivity index (χ4v) is 4.73. The van der Waals surface area contributed by atoms with Gasteiger partial charge in [0.05, 0.1) is 13.7 Å². The van der Waals surface area contributed by atoms with Gasteiger partial charge in [-0.05, 0) is 37.3 Å². The van der Waals surface area contributed by atoms with Crippen LogP contribution in [0.25, 0.3) is 45.0 Å². The van der Waals surface area contributed by atoms with E-state index in [1.165, 1.54) is 12.1 Å². The number of aromatic amines is 1. The lowest BCUT2D eigenvalue weighted by Crippen LogP contribution is -2.01. The lowest BCUT2D eigenvalue weighted by atomic mass is 10.1. The molecule has 200 valence electrons. The zero-order valence-corrected chi connectivity index (χ0v) is 21.5. The Balaban J connectivity index is 1.54. The third kappa shape index (κ3) is 4.31. The number of hydrogen-bond donors (Lipinski definition) is 3. The van der Waals surface area contributed by atoms with Gasteiger partial charge in [0.25, 0.3) is 0 Å². The Hall–Kier alpha value is -5.51. The predicted octanol–water partition coefficient (Wildman–Crippen LogP) is 5.68. The second-order valence-corrected chi connectivity index (χ2v) is 9.20. The molecule has 0 spiro atoms. The Kier molecular flexibility index (Phi) is 5.99. The molecule has 0 radical (unpaired) electrons. The van der Waals surface area contributed by atoms with Gasteiger partial charge in [0, 0.05) is 34.3 Å². The summed E-state index contributed by atoms with van der Waals surface area (Å²) in [7, 11) is 1.56. The van der Waals surface area contributed by atoms with Gasteiger partial charge in [0.15, 0.2) is 5.76 Å². The molecule has 0 amide bonds. The van der Waals surface area contributed by atoms with Gasteiger partial charge >= 0.3 is 5.97 Å². The molecule has 0 unspecified atom stereocenters. The van der Waals surface area contributed by atoms with Crippen LogP contribution in [0.2, 0.25) is 0 Å². The molecule has 0 bridgehead atoms. The van der Waals surface area contributed by atoms with Gasteiger partial charge in [-0.3, -0.25) is 4.79 Å². The number of aromatic nitrogens is 3. The standard InChI is InChI=1S/C30H23N3O7/c1-16-12-23(34)27(35)28(39-16)26-25(17-6-5-7-18(13-17)38-2)31-29(32-26)21-15-33(22-9-4-3-8-20(21)22)14-19-10-11-24(40-19)30(36)37/h3-13,15,35H,14H2,1-2H3,(H,31,32)(H,36,37). The summed E-state index contributed by atoms with van der Waals surface area (Å²) < 4.78 is 18.6. The van der Waals surface area contributed by atoms with E-state index in [2.05, 4.69) is 4.98 Å². The fourth-order valence-electron chi connectivity index (χ4n) is 4.73. The molecule has 0 aliphatic heterocycles. The number of para-hydroxylation sites is 1. The Morgan fingerprint density at radius 1 is 1.07 bits per heavy atom. The first kappa shape index (κ1) is 24.8. The summed E-state index contributed by atoms with van der Waals surface area (Å²) in [5, 5.41) is 20.8. The molecule has 0 saturated carbocycles. The second-order valence-electron chi connectivity index (χ2n) is 9.20. The van der Waals surface area contributed by atoms with Gasteiger partial charge in [-0.1, -0.05) is 30.3 Å². The van der Waals surface area contributed by atoms with Crippen molar-refractivity contribution >= 4 is 16.9 Å². The van der Waals surface area contributed by atoms with Crippen LogP contribution in [0.4, 0.5) is 0 Å². The van der Waals surface area contributed by atoms with Crippen LogP contribution in [-0.2, 0) is 6.54 Å². The lowest BCUT2D eigenvalue weighted by Gasteiger charge is -2.06. The van der Waals surface area contributed by atoms with Gasteiger partial charge in [-0.15, -0.1) is 0 Å². The normalized spacial score (nSPS) is 11.2. The first-order chi connectivity index (χ1) is 19.3. The Bertz CT molecular complexity index is 1960. The van der Waals surface area contributed by atoms with Gasteiger partial charge in [0.2, 0.25) is 16.9 Å². The summed E-state index contributed by atoms with van der Waals surface area (Å²) in [5.74, 6) is 0.0696. The number of carboxylic acid groups (broad SMARTS) is 1. The van der Waals surface area contributed by atoms with Crippen molar-refractivity contribution in [3.8, 4) is 45.6 Å². The monoisotopic (exact) mass is 537 g/mol. The van der Waals surface area contributed by atoms with Crippen LogP contribution in [0, 0.1) is 6.92 Å². The average molecular weight is 538 g/mol. The Labute approximate surface area is 226 Å². The van der Waals surface area contributed by atoms with E-state index >= 15 is 0 Å². The van der Waals surface area contributed by atoms with E-state index in [0.717, 1.165) is 16.5 Å². The highest BCUT2D eigenvalue weighted by Gasteiger charge is 2.24. The van der Waals surface area contributed by atoms with Crippen molar-refractivity contribution in [2.45, 2.75) is 13.5 Å². The van der Waals surface area contributed by atoms with Crippen LogP contribution in [-0.4, -0.2) is 37.8 Å². The summed E-state index contributed by atoms with van der Waals surface area (Å²) in [4.78, 5) is 31.9. The zero-order chi connectivity index (χ0) is 28.0. The molecular weight excluding hydrogens is 514 g/mol. The van der Waals surface area contributed by atoms with Crippen LogP contribution >= 0.6 is 0 Å². The van der Waals surface area contributed by atoms with Gasteiger partial charge in [-0.25, -0.2) is 9.78 Å². The van der Waals surface area contributed by atoms with Crippen LogP contribution in [0.5, 0.6) is 11.5 Å². The Morgan fingerprint density at radius 2 is 1.90 bits per heavy atom. The van der Waals surface area contributed by atoms with Crippen molar-refractivity contribution in [2.24, 2.45) is 0 Å². The molecule has 0 saturated heterocycles. The van der Waals surface area contributed by atoms with Crippen molar-refractivity contribution < 1.29 is 28.6 Å². The number of nitrogens with one attached hydrogen (secondary N) is 1. The van der Waals surface area contributed by atoms with Gasteiger partial charge < -0.3 is 33.3 Å². The number of fused-ring (bicyclic) bond motifs is 1. The van der Waals surface area contributed by atoms with E-state index in [0.29, 0.717) is 40.0 Å². The number of furan rings is 1. The van der Waals surface area contributed by atoms with Crippen LogP contribution in [0.3, 0.4) is 0 Å². The quantitative estimate of drug-likeness (QED) is 0.236. The average Bonchev–Trinajstić information content (AvgIpc) is 3.69. The fraction of sp³-hybridized carbons (Fsp3) is 0.100. The topological polar surface area (TPSA) is 144 Å². The number of aryl methyl sites for hydroxylation is 1. The number of H-pyrrole nitrogens is 1. The van der Waals surface area contributed by atoms with Gasteiger partial charge in [0.1, 0.15) is 34.5 Å². The van der Waals surface area contributed by atoms with E-state index in [9.17, 15) is 19.8 Å². The first-order valence-electron chi connectivity index (χ1n) is 12.3. The molecule has 4 aromatic heterocycles. The van der Waals surface area contributed by atoms with E-state index in [-0.39, 0.29) is 18.1 Å². The molecule has 6 aromatic rings. The van der Waals surface area contributed by atoms with Crippen LogP contribution < -0.4 is 10.2 Å². The molecule has 0 fully saturated rings. The van der Waals surface area contributed by atoms with E-state index in [1.807, 2.05) is 47.2 Å². The maximum atomic E-state index is 12.4. The maximum Gasteiger partial charge on any atom is 0.371 e. The molecule has 10 nitrogen and oxygen atoms in total. The minimum atomic E-state index is -1.14. The zero-order valence-electron chi connectivity index (χ0n) is 21.5. The number of hydrogen-bond acceptors (Lipinski definition) is 7. The number of nitrogens with zero attached hydrogens (tertiary/aromatic N) is 2. The number of imidazole rings is 1. The van der Waals surface area contributed by atoms with E-state index in [1.54, 1.807) is 32.2 Å². The molecule has 6 rings (SSSR count). The minimum absolute atomic E-state index is 0.0258. The largest absolute Gasteiger partial charge is 0.501 e. The van der Waals surface area contributed by atoms with Crippen molar-refractivity contribution in [3.63, 3.8) is 0 Å². The van der Waals surface area contributed by atoms with E-state index in [4.69, 9.17) is 18.6 Å². The highest BCUT2D eigenvalue weighted by molar-refractivity contribution is 5.96. The number of aromatic hydroxyl groups is 1. The Morgan fingerprint density at radius 3 is 2.67 bits per heavy atom. The highest BCUT2D eigenvalue weighted by Crippen LogP contribution is 2.39. The van der Waals surface area contributed by atoms with Crippen molar-refractivity contribution in [3.05, 3.63) is 100 Å². The molecule has 10 heteroatoms. The second kappa shape index (κ2) is 9.66. The first-order valence-corrected chi connectivity index (χ1v) is 12.3. The highest BCUT2D eigenvalue weighted by atomic mass is 16.5. The summed E-state index contributed by atoms with van der Waals surface area (Å²) >= 11 is 0. The van der Waals surface area contributed by atoms with Crippen LogP contribution in [0.1, 0.15) is 22.1 Å². The van der Waals surface area contributed by atoms with Gasteiger partial charge in [-0.2, -0.15) is 0 Å². The summed E-state index contributed by atoms with van der Waals surface area (Å²) in [6.07, 6.45) is 1.89. The predicted molar refractivity (Wildman–Crippen MR) is 147 cm³/mol. The summed E-state index contributed by atoms with van der Waals surface area (Å²) in [6, 6.07) is 19.2. The van der Waals surface area contributed by atoms with Crippen molar-refractivity contribution in [2.75, 3.05) is 7.11 Å². The molecule has 2 aromatic carbocycles. The third-order valence-electron chi connectivity index (χ3n) is 6.56. The maximum absolute atomic E-state index is 12.4. The smallest absolute Gasteiger partial charge is 0.371 e. The molecule has 0 aliphatic rings. The number of carbonyl (C=O) groups is 1. The SMILES string of the molecule is COc1cccc(-c2nc(-c3cn(Cc4ccc(C(=O)O)o4)c4ccccc34)[nH]c2-c2oc(C)cc(=O)c2O)c1. The number of aromatic carboxylic acids is 1. The van der Waals surface area contributed by atoms with Crippen molar-refractivity contribution in [1.29, 1.82) is 0 Å². The number of carboxylic acids is 1. The molecular formula is C30H23N3O7. The lowest BCUT2D eigenvalue weighted by molar-refractivity contribution is 0.0660. The van der Waals surface area contributed by atoms with Crippen molar-refractivity contribution in [1.82, 2.24) is 14.5 Å². The minimum Gasteiger partial charge on any atom is -0.501 e. The number of benzene rings is 2. The number of rotatable bonds is 7. The van der Waals surface area contributed by atoms with E-state index < -0.39 is 17.1 Å². The molecule has 0 aliphatic carbocycles. The number of methoxy groups -OCH3 is 1. The molecule has 0 atom stereocenters. The van der Waals surface area contributed by atoms with Crippen LogP contribution in [0.15, 0.2) is 86.6 Å². The molecule has 40 heavy (non-hydrogen) atoms. The molecule has 3 N–H and O–H groups in total. The number of ether oxygens (including phenoxy) is 1. The molecule has 4 heterocycles.